The van der Waals surface area contributed by atoms with E-state index < -0.39 is 0 Å². The molecule has 0 aliphatic carbocycles. The Morgan fingerprint density at radius 1 is 1.04 bits per heavy atom. The van der Waals surface area contributed by atoms with Gasteiger partial charge in [-0.3, -0.25) is 4.79 Å². The quantitative estimate of drug-likeness (QED) is 0.777. The van der Waals surface area contributed by atoms with Crippen molar-refractivity contribution in [1.29, 1.82) is 0 Å². The van der Waals surface area contributed by atoms with Gasteiger partial charge in [0, 0.05) is 49.1 Å². The fourth-order valence-corrected chi connectivity index (χ4v) is 2.69. The Kier molecular flexibility index (Phi) is 5.02. The lowest BCUT2D eigenvalue weighted by Gasteiger charge is -2.34. The van der Waals surface area contributed by atoms with E-state index in [-0.39, 0.29) is 5.91 Å². The zero-order valence-electron chi connectivity index (χ0n) is 12.6. The number of anilines is 1. The first-order valence-electron chi connectivity index (χ1n) is 7.47. The van der Waals surface area contributed by atoms with Gasteiger partial charge in [0.15, 0.2) is 0 Å². The molecule has 6 heteroatoms. The molecular formula is C17H17BrN4O. The summed E-state index contributed by atoms with van der Waals surface area (Å²) in [7, 11) is 0. The molecule has 0 radical (unpaired) electrons. The van der Waals surface area contributed by atoms with Crippen molar-refractivity contribution in [2.24, 2.45) is 0 Å². The second-order valence-electron chi connectivity index (χ2n) is 5.25. The van der Waals surface area contributed by atoms with Crippen LogP contribution in [0.2, 0.25) is 0 Å². The van der Waals surface area contributed by atoms with Crippen LogP contribution in [0.5, 0.6) is 0 Å². The molecule has 1 amide bonds. The first-order valence-corrected chi connectivity index (χ1v) is 8.26. The summed E-state index contributed by atoms with van der Waals surface area (Å²) in [5, 5.41) is 0. The lowest BCUT2D eigenvalue weighted by molar-refractivity contribution is -0.126. The van der Waals surface area contributed by atoms with Gasteiger partial charge in [0.1, 0.15) is 0 Å². The summed E-state index contributed by atoms with van der Waals surface area (Å²) in [5.41, 5.74) is 1.01. The minimum atomic E-state index is 0.0431. The standard InChI is InChI=1S/C17H17BrN4O/c18-15-5-2-14(3-6-15)4-7-16(23)21-10-12-22(13-11-21)17-19-8-1-9-20-17/h1-9H,10-13H2. The molecule has 0 spiro atoms. The van der Waals surface area contributed by atoms with Crippen molar-refractivity contribution in [1.82, 2.24) is 14.9 Å². The zero-order chi connectivity index (χ0) is 16.1. The molecule has 5 nitrogen and oxygen atoms in total. The third-order valence-electron chi connectivity index (χ3n) is 3.71. The van der Waals surface area contributed by atoms with E-state index in [0.29, 0.717) is 13.1 Å². The van der Waals surface area contributed by atoms with Crippen LogP contribution in [0.15, 0.2) is 53.3 Å². The number of benzene rings is 1. The monoisotopic (exact) mass is 372 g/mol. The van der Waals surface area contributed by atoms with Gasteiger partial charge in [-0.25, -0.2) is 9.97 Å². The summed E-state index contributed by atoms with van der Waals surface area (Å²) in [6.45, 7) is 2.87. The van der Waals surface area contributed by atoms with E-state index in [2.05, 4.69) is 30.8 Å². The largest absolute Gasteiger partial charge is 0.337 e. The normalized spacial score (nSPS) is 15.2. The summed E-state index contributed by atoms with van der Waals surface area (Å²) < 4.78 is 1.03. The van der Waals surface area contributed by atoms with Gasteiger partial charge < -0.3 is 9.80 Å². The third kappa shape index (κ3) is 4.16. The molecule has 3 rings (SSSR count). The van der Waals surface area contributed by atoms with Crippen molar-refractivity contribution in [2.75, 3.05) is 31.1 Å². The number of carbonyl (C=O) groups is 1. The molecule has 1 fully saturated rings. The summed E-state index contributed by atoms with van der Waals surface area (Å²) in [6, 6.07) is 9.67. The van der Waals surface area contributed by atoms with Crippen LogP contribution in [0, 0.1) is 0 Å². The van der Waals surface area contributed by atoms with Crippen molar-refractivity contribution >= 4 is 33.9 Å². The number of amides is 1. The van der Waals surface area contributed by atoms with Crippen LogP contribution in [0.4, 0.5) is 5.95 Å². The molecule has 0 saturated carbocycles. The van der Waals surface area contributed by atoms with E-state index >= 15 is 0 Å². The van der Waals surface area contributed by atoms with Crippen molar-refractivity contribution < 1.29 is 4.79 Å². The summed E-state index contributed by atoms with van der Waals surface area (Å²) >= 11 is 3.40. The van der Waals surface area contributed by atoms with Crippen molar-refractivity contribution in [2.45, 2.75) is 0 Å². The highest BCUT2D eigenvalue weighted by atomic mass is 79.9. The smallest absolute Gasteiger partial charge is 0.246 e. The SMILES string of the molecule is O=C(C=Cc1ccc(Br)cc1)N1CCN(c2ncccn2)CC1. The van der Waals surface area contributed by atoms with Gasteiger partial charge in [0.05, 0.1) is 0 Å². The van der Waals surface area contributed by atoms with Gasteiger partial charge in [-0.2, -0.15) is 0 Å². The maximum atomic E-state index is 12.3. The number of halogens is 1. The Labute approximate surface area is 143 Å². The highest BCUT2D eigenvalue weighted by Gasteiger charge is 2.20. The Hall–Kier alpha value is -2.21. The summed E-state index contributed by atoms with van der Waals surface area (Å²) in [5.74, 6) is 0.770. The van der Waals surface area contributed by atoms with Gasteiger partial charge in [-0.05, 0) is 29.8 Å². The molecule has 0 N–H and O–H groups in total. The molecule has 1 aliphatic heterocycles. The highest BCUT2D eigenvalue weighted by Crippen LogP contribution is 2.13. The molecule has 2 aromatic rings. The van der Waals surface area contributed by atoms with Crippen LogP contribution in [-0.2, 0) is 4.79 Å². The first-order chi connectivity index (χ1) is 11.2. The van der Waals surface area contributed by atoms with E-state index in [1.807, 2.05) is 35.2 Å². The van der Waals surface area contributed by atoms with Crippen LogP contribution in [0.3, 0.4) is 0 Å². The predicted molar refractivity (Wildman–Crippen MR) is 94.0 cm³/mol. The molecule has 23 heavy (non-hydrogen) atoms. The van der Waals surface area contributed by atoms with Gasteiger partial charge in [0.25, 0.3) is 0 Å². The number of aromatic nitrogens is 2. The minimum absolute atomic E-state index is 0.0431. The molecule has 0 unspecified atom stereocenters. The number of carbonyl (C=O) groups excluding carboxylic acids is 1. The van der Waals surface area contributed by atoms with E-state index in [1.165, 1.54) is 0 Å². The van der Waals surface area contributed by atoms with Crippen LogP contribution >= 0.6 is 15.9 Å². The van der Waals surface area contributed by atoms with Gasteiger partial charge >= 0.3 is 0 Å². The molecule has 1 aromatic heterocycles. The number of hydrogen-bond donors (Lipinski definition) is 0. The Morgan fingerprint density at radius 3 is 2.35 bits per heavy atom. The molecule has 1 saturated heterocycles. The number of rotatable bonds is 3. The molecule has 1 aromatic carbocycles. The van der Waals surface area contributed by atoms with E-state index in [0.717, 1.165) is 29.1 Å². The minimum Gasteiger partial charge on any atom is -0.337 e. The molecule has 0 bridgehead atoms. The Morgan fingerprint density at radius 2 is 1.70 bits per heavy atom. The fraction of sp³-hybridized carbons (Fsp3) is 0.235. The second kappa shape index (κ2) is 7.37. The van der Waals surface area contributed by atoms with E-state index in [1.54, 1.807) is 24.5 Å². The Bertz CT molecular complexity index is 679. The lowest BCUT2D eigenvalue weighted by Crippen LogP contribution is -2.48. The van der Waals surface area contributed by atoms with E-state index in [9.17, 15) is 4.79 Å². The number of nitrogens with zero attached hydrogens (tertiary/aromatic N) is 4. The molecule has 118 valence electrons. The lowest BCUT2D eigenvalue weighted by atomic mass is 10.2. The third-order valence-corrected chi connectivity index (χ3v) is 4.24. The topological polar surface area (TPSA) is 49.3 Å². The van der Waals surface area contributed by atoms with Crippen molar-refractivity contribution in [3.05, 3.63) is 58.8 Å². The summed E-state index contributed by atoms with van der Waals surface area (Å²) in [4.78, 5) is 24.7. The number of hydrogen-bond acceptors (Lipinski definition) is 4. The van der Waals surface area contributed by atoms with Crippen molar-refractivity contribution in [3.8, 4) is 0 Å². The molecular weight excluding hydrogens is 356 g/mol. The first kappa shape index (κ1) is 15.7. The zero-order valence-corrected chi connectivity index (χ0v) is 14.2. The van der Waals surface area contributed by atoms with Gasteiger partial charge in [-0.15, -0.1) is 0 Å². The second-order valence-corrected chi connectivity index (χ2v) is 6.16. The molecule has 2 heterocycles. The van der Waals surface area contributed by atoms with Crippen LogP contribution in [-0.4, -0.2) is 47.0 Å². The molecule has 0 atom stereocenters. The highest BCUT2D eigenvalue weighted by molar-refractivity contribution is 9.10. The maximum Gasteiger partial charge on any atom is 0.246 e. The van der Waals surface area contributed by atoms with Crippen molar-refractivity contribution in [3.63, 3.8) is 0 Å². The number of piperazine rings is 1. The molecule has 1 aliphatic rings. The van der Waals surface area contributed by atoms with Gasteiger partial charge in [0.2, 0.25) is 11.9 Å². The Balaban J connectivity index is 1.55. The van der Waals surface area contributed by atoms with E-state index in [4.69, 9.17) is 0 Å². The predicted octanol–water partition coefficient (Wildman–Crippen LogP) is 2.60. The van der Waals surface area contributed by atoms with Gasteiger partial charge in [-0.1, -0.05) is 28.1 Å². The average Bonchev–Trinajstić information content (AvgIpc) is 2.62. The summed E-state index contributed by atoms with van der Waals surface area (Å²) in [6.07, 6.45) is 6.96. The van der Waals surface area contributed by atoms with Crippen LogP contribution in [0.1, 0.15) is 5.56 Å². The fourth-order valence-electron chi connectivity index (χ4n) is 2.43. The van der Waals surface area contributed by atoms with Crippen LogP contribution < -0.4 is 4.90 Å². The van der Waals surface area contributed by atoms with Crippen LogP contribution in [0.25, 0.3) is 6.08 Å². The maximum absolute atomic E-state index is 12.3. The average molecular weight is 373 g/mol.